The monoisotopic (exact) mass is 432 g/mol. The SMILES string of the molecule is O=C(CSc1nc2ccccc2c(=O)n1Cc1cccnc1)c1cccc([N+](=O)[O-])c1. The van der Waals surface area contributed by atoms with Crippen molar-refractivity contribution in [1.29, 1.82) is 0 Å². The predicted molar refractivity (Wildman–Crippen MR) is 117 cm³/mol. The van der Waals surface area contributed by atoms with Crippen LogP contribution in [0.5, 0.6) is 0 Å². The summed E-state index contributed by atoms with van der Waals surface area (Å²) in [7, 11) is 0. The Morgan fingerprint density at radius 1 is 1.10 bits per heavy atom. The molecule has 0 atom stereocenters. The molecule has 2 heterocycles. The zero-order valence-corrected chi connectivity index (χ0v) is 17.0. The van der Waals surface area contributed by atoms with Crippen molar-refractivity contribution in [2.24, 2.45) is 0 Å². The zero-order chi connectivity index (χ0) is 21.8. The number of non-ortho nitro benzene ring substituents is 1. The van der Waals surface area contributed by atoms with E-state index in [1.165, 1.54) is 28.8 Å². The average molecular weight is 432 g/mol. The van der Waals surface area contributed by atoms with Gasteiger partial charge in [0.25, 0.3) is 11.2 Å². The topological polar surface area (TPSA) is 108 Å². The van der Waals surface area contributed by atoms with Crippen molar-refractivity contribution < 1.29 is 9.72 Å². The number of rotatable bonds is 7. The number of Topliss-reactive ketones (excluding diaryl/α,β-unsaturated/α-hetero) is 1. The first-order chi connectivity index (χ1) is 15.0. The second kappa shape index (κ2) is 8.88. The molecule has 0 saturated carbocycles. The number of pyridine rings is 1. The smallest absolute Gasteiger partial charge is 0.270 e. The van der Waals surface area contributed by atoms with Crippen molar-refractivity contribution in [1.82, 2.24) is 14.5 Å². The summed E-state index contributed by atoms with van der Waals surface area (Å²) in [6.07, 6.45) is 3.32. The molecule has 0 bridgehead atoms. The van der Waals surface area contributed by atoms with Crippen LogP contribution in [0.2, 0.25) is 0 Å². The Bertz CT molecular complexity index is 1340. The van der Waals surface area contributed by atoms with Gasteiger partial charge in [0.1, 0.15) is 0 Å². The van der Waals surface area contributed by atoms with Crippen molar-refractivity contribution in [2.45, 2.75) is 11.7 Å². The molecule has 31 heavy (non-hydrogen) atoms. The van der Waals surface area contributed by atoms with Gasteiger partial charge < -0.3 is 0 Å². The third-order valence-corrected chi connectivity index (χ3v) is 5.58. The van der Waals surface area contributed by atoms with Crippen molar-refractivity contribution >= 4 is 34.1 Å². The van der Waals surface area contributed by atoms with Gasteiger partial charge in [-0.1, -0.05) is 42.1 Å². The highest BCUT2D eigenvalue weighted by atomic mass is 32.2. The standard InChI is InChI=1S/C22H16N4O4S/c27-20(16-6-3-7-17(11-16)26(29)30)14-31-22-24-19-9-2-1-8-18(19)21(28)25(22)13-15-5-4-10-23-12-15/h1-12H,13-14H2. The van der Waals surface area contributed by atoms with Crippen molar-refractivity contribution in [3.63, 3.8) is 0 Å². The van der Waals surface area contributed by atoms with Crippen LogP contribution in [-0.4, -0.2) is 31.0 Å². The van der Waals surface area contributed by atoms with Gasteiger partial charge in [-0.3, -0.25) is 29.3 Å². The first-order valence-electron chi connectivity index (χ1n) is 9.32. The molecule has 4 aromatic rings. The maximum absolute atomic E-state index is 13.1. The van der Waals surface area contributed by atoms with E-state index in [1.54, 1.807) is 42.7 Å². The zero-order valence-electron chi connectivity index (χ0n) is 16.2. The molecule has 0 aliphatic carbocycles. The van der Waals surface area contributed by atoms with Gasteiger partial charge >= 0.3 is 0 Å². The Morgan fingerprint density at radius 2 is 1.94 bits per heavy atom. The lowest BCUT2D eigenvalue weighted by molar-refractivity contribution is -0.384. The molecule has 4 rings (SSSR count). The van der Waals surface area contributed by atoms with Gasteiger partial charge in [0.15, 0.2) is 10.9 Å². The first kappa shape index (κ1) is 20.4. The van der Waals surface area contributed by atoms with Crippen LogP contribution >= 0.6 is 11.8 Å². The normalized spacial score (nSPS) is 10.8. The van der Waals surface area contributed by atoms with E-state index >= 15 is 0 Å². The Balaban J connectivity index is 1.67. The molecule has 0 fully saturated rings. The number of carbonyl (C=O) groups is 1. The Labute approximate surface area is 180 Å². The lowest BCUT2D eigenvalue weighted by Crippen LogP contribution is -2.24. The number of fused-ring (bicyclic) bond motifs is 1. The van der Waals surface area contributed by atoms with Gasteiger partial charge in [-0.2, -0.15) is 0 Å². The van der Waals surface area contributed by atoms with E-state index in [4.69, 9.17) is 0 Å². The summed E-state index contributed by atoms with van der Waals surface area (Å²) >= 11 is 1.12. The summed E-state index contributed by atoms with van der Waals surface area (Å²) in [4.78, 5) is 44.9. The van der Waals surface area contributed by atoms with Gasteiger partial charge in [0.2, 0.25) is 0 Å². The number of ketones is 1. The Morgan fingerprint density at radius 3 is 2.71 bits per heavy atom. The molecule has 0 radical (unpaired) electrons. The summed E-state index contributed by atoms with van der Waals surface area (Å²) in [5, 5.41) is 11.9. The van der Waals surface area contributed by atoms with Crippen LogP contribution < -0.4 is 5.56 Å². The van der Waals surface area contributed by atoms with E-state index in [-0.39, 0.29) is 34.9 Å². The molecule has 2 aromatic heterocycles. The number of hydrogen-bond donors (Lipinski definition) is 0. The van der Waals surface area contributed by atoms with Crippen LogP contribution in [0, 0.1) is 10.1 Å². The highest BCUT2D eigenvalue weighted by Gasteiger charge is 2.16. The minimum absolute atomic E-state index is 0.0149. The van der Waals surface area contributed by atoms with E-state index in [2.05, 4.69) is 9.97 Å². The summed E-state index contributed by atoms with van der Waals surface area (Å²) < 4.78 is 1.52. The highest BCUT2D eigenvalue weighted by molar-refractivity contribution is 7.99. The second-order valence-corrected chi connectivity index (χ2v) is 7.63. The number of nitro benzene ring substituents is 1. The van der Waals surface area contributed by atoms with Crippen LogP contribution in [0.4, 0.5) is 5.69 Å². The van der Waals surface area contributed by atoms with Gasteiger partial charge in [0.05, 0.1) is 28.1 Å². The van der Waals surface area contributed by atoms with Gasteiger partial charge in [-0.05, 0) is 23.8 Å². The predicted octanol–water partition coefficient (Wildman–Crippen LogP) is 3.72. The largest absolute Gasteiger partial charge is 0.293 e. The molecular weight excluding hydrogens is 416 g/mol. The summed E-state index contributed by atoms with van der Waals surface area (Å²) in [5.41, 5.74) is 1.25. The van der Waals surface area contributed by atoms with Crippen molar-refractivity contribution in [3.05, 3.63) is 105 Å². The van der Waals surface area contributed by atoms with E-state index in [1.807, 2.05) is 6.07 Å². The number of nitrogens with zero attached hydrogens (tertiary/aromatic N) is 4. The molecule has 0 N–H and O–H groups in total. The maximum atomic E-state index is 13.1. The summed E-state index contributed by atoms with van der Waals surface area (Å²) in [6.45, 7) is 0.262. The molecule has 9 heteroatoms. The fourth-order valence-corrected chi connectivity index (χ4v) is 3.97. The van der Waals surface area contributed by atoms with Gasteiger partial charge in [-0.25, -0.2) is 4.98 Å². The molecule has 0 aliphatic heterocycles. The molecule has 2 aromatic carbocycles. The number of para-hydroxylation sites is 1. The lowest BCUT2D eigenvalue weighted by atomic mass is 10.1. The van der Waals surface area contributed by atoms with E-state index in [0.29, 0.717) is 16.1 Å². The van der Waals surface area contributed by atoms with Crippen LogP contribution in [0.1, 0.15) is 15.9 Å². The molecule has 0 amide bonds. The van der Waals surface area contributed by atoms with Crippen molar-refractivity contribution in [3.8, 4) is 0 Å². The number of aromatic nitrogens is 3. The third-order valence-electron chi connectivity index (χ3n) is 4.60. The van der Waals surface area contributed by atoms with E-state index < -0.39 is 4.92 Å². The van der Waals surface area contributed by atoms with Gasteiger partial charge in [0, 0.05) is 30.1 Å². The minimum Gasteiger partial charge on any atom is -0.293 e. The second-order valence-electron chi connectivity index (χ2n) is 6.68. The number of hydrogen-bond acceptors (Lipinski definition) is 7. The number of carbonyl (C=O) groups excluding carboxylic acids is 1. The Hall–Kier alpha value is -3.85. The highest BCUT2D eigenvalue weighted by Crippen LogP contribution is 2.21. The molecule has 154 valence electrons. The lowest BCUT2D eigenvalue weighted by Gasteiger charge is -2.13. The van der Waals surface area contributed by atoms with Crippen LogP contribution in [0.25, 0.3) is 10.9 Å². The van der Waals surface area contributed by atoms with Crippen LogP contribution in [0.15, 0.2) is 83.0 Å². The number of benzene rings is 2. The molecule has 8 nitrogen and oxygen atoms in total. The quantitative estimate of drug-likeness (QED) is 0.144. The van der Waals surface area contributed by atoms with Gasteiger partial charge in [-0.15, -0.1) is 0 Å². The van der Waals surface area contributed by atoms with Crippen molar-refractivity contribution in [2.75, 3.05) is 5.75 Å². The molecule has 0 aliphatic rings. The number of thioether (sulfide) groups is 1. The first-order valence-corrected chi connectivity index (χ1v) is 10.3. The van der Waals surface area contributed by atoms with E-state index in [0.717, 1.165) is 17.3 Å². The minimum atomic E-state index is -0.541. The van der Waals surface area contributed by atoms with Crippen LogP contribution in [-0.2, 0) is 6.54 Å². The van der Waals surface area contributed by atoms with E-state index in [9.17, 15) is 19.7 Å². The fraction of sp³-hybridized carbons (Fsp3) is 0.0909. The fourth-order valence-electron chi connectivity index (χ4n) is 3.08. The molecule has 0 unspecified atom stereocenters. The summed E-state index contributed by atoms with van der Waals surface area (Å²) in [6, 6.07) is 16.3. The average Bonchev–Trinajstić information content (AvgIpc) is 2.80. The molecule has 0 spiro atoms. The molecular formula is C22H16N4O4S. The number of nitro groups is 1. The summed E-state index contributed by atoms with van der Waals surface area (Å²) in [5.74, 6) is -0.303. The Kier molecular flexibility index (Phi) is 5.85. The molecule has 0 saturated heterocycles. The van der Waals surface area contributed by atoms with Crippen LogP contribution in [0.3, 0.4) is 0 Å². The maximum Gasteiger partial charge on any atom is 0.270 e. The third kappa shape index (κ3) is 4.51.